The molecule has 3 aliphatic rings. The zero-order valence-electron chi connectivity index (χ0n) is 25.2. The first-order chi connectivity index (χ1) is 22.1. The second-order valence-electron chi connectivity index (χ2n) is 12.1. The summed E-state index contributed by atoms with van der Waals surface area (Å²) in [4.78, 5) is 15.1. The molecule has 1 aliphatic carbocycles. The van der Waals surface area contributed by atoms with Gasteiger partial charge in [0.05, 0.1) is 18.4 Å². The monoisotopic (exact) mass is 700 g/mol. The Morgan fingerprint density at radius 3 is 2.23 bits per heavy atom. The van der Waals surface area contributed by atoms with E-state index < -0.39 is 121 Å². The first kappa shape index (κ1) is 35.8. The van der Waals surface area contributed by atoms with E-state index in [1.54, 1.807) is 6.92 Å². The van der Waals surface area contributed by atoms with Crippen molar-refractivity contribution in [2.75, 3.05) is 26.3 Å². The zero-order chi connectivity index (χ0) is 34.3. The van der Waals surface area contributed by atoms with Crippen LogP contribution in [0.15, 0.2) is 18.3 Å². The zero-order valence-corrected chi connectivity index (χ0v) is 26.0. The Hall–Kier alpha value is -2.51. The lowest BCUT2D eigenvalue weighted by atomic mass is 9.80. The van der Waals surface area contributed by atoms with Crippen LogP contribution in [0.5, 0.6) is 0 Å². The fraction of sp³-hybridized carbons (Fsp3) is 0.690. The average molecular weight is 701 g/mol. The molecule has 3 heterocycles. The lowest BCUT2D eigenvalue weighted by Gasteiger charge is -2.47. The molecule has 1 amide bonds. The number of halogens is 7. The molecule has 18 heteroatoms. The van der Waals surface area contributed by atoms with Crippen molar-refractivity contribution in [1.82, 2.24) is 19.9 Å². The highest BCUT2D eigenvalue weighted by Gasteiger charge is 2.55. The third kappa shape index (κ3) is 7.56. The molecule has 0 bridgehead atoms. The SMILES string of the molecule is CCO[C@@H]1[C@@H](n2cc(-c3cc(F)c(F)c(F)c3)nn2)[C@@H](O)[C@@H](CO)O[C@H]1S[C@H](C(=O)N1CCC(F)(F)CC1)C1(O)CCC(F)(F)CC1. The van der Waals surface area contributed by atoms with Crippen molar-refractivity contribution in [3.63, 3.8) is 0 Å². The number of nitrogens with zero attached hydrogens (tertiary/aromatic N) is 4. The van der Waals surface area contributed by atoms with Crippen molar-refractivity contribution >= 4 is 17.7 Å². The predicted octanol–water partition coefficient (Wildman–Crippen LogP) is 3.69. The van der Waals surface area contributed by atoms with Crippen LogP contribution in [-0.2, 0) is 14.3 Å². The van der Waals surface area contributed by atoms with E-state index in [0.717, 1.165) is 9.58 Å². The lowest BCUT2D eigenvalue weighted by Crippen LogP contribution is -2.59. The van der Waals surface area contributed by atoms with Gasteiger partial charge in [-0.05, 0) is 31.9 Å². The highest BCUT2D eigenvalue weighted by molar-refractivity contribution is 8.01. The molecule has 47 heavy (non-hydrogen) atoms. The minimum absolute atomic E-state index is 0.00431. The first-order valence-electron chi connectivity index (χ1n) is 15.1. The van der Waals surface area contributed by atoms with Crippen LogP contribution < -0.4 is 0 Å². The van der Waals surface area contributed by atoms with E-state index in [-0.39, 0.29) is 31.0 Å². The van der Waals surface area contributed by atoms with Crippen LogP contribution in [0.2, 0.25) is 0 Å². The number of hydrogen-bond donors (Lipinski definition) is 3. The van der Waals surface area contributed by atoms with Gasteiger partial charge >= 0.3 is 0 Å². The largest absolute Gasteiger partial charge is 0.394 e. The minimum atomic E-state index is -3.08. The van der Waals surface area contributed by atoms with Crippen molar-refractivity contribution in [3.05, 3.63) is 35.8 Å². The molecule has 2 aromatic rings. The highest BCUT2D eigenvalue weighted by Crippen LogP contribution is 2.47. The van der Waals surface area contributed by atoms with E-state index in [9.17, 15) is 50.8 Å². The van der Waals surface area contributed by atoms with E-state index >= 15 is 0 Å². The smallest absolute Gasteiger partial charge is 0.251 e. The molecular weight excluding hydrogens is 665 g/mol. The molecule has 10 nitrogen and oxygen atoms in total. The molecule has 0 unspecified atom stereocenters. The lowest BCUT2D eigenvalue weighted by molar-refractivity contribution is -0.192. The molecule has 2 aliphatic heterocycles. The van der Waals surface area contributed by atoms with Gasteiger partial charge in [-0.25, -0.2) is 35.4 Å². The number of hydrogen-bond acceptors (Lipinski definition) is 9. The van der Waals surface area contributed by atoms with E-state index in [0.29, 0.717) is 23.9 Å². The molecule has 2 saturated heterocycles. The number of amides is 1. The number of carbonyl (C=O) groups is 1. The standard InChI is InChI=1S/C29H35F7N4O6S/c1-2-45-23-21(40-13-18(37-38-40)15-11-16(30)20(32)17(31)12-15)22(42)19(14-41)46-26(23)47-24(27(44)3-5-28(33,34)6-4-27)25(43)39-9-7-29(35,36)8-10-39/h11-13,19,21-24,26,41-42,44H,2-10,14H2,1H3/t19-,21+,22+,23-,24-,26+/m1/s1. The summed E-state index contributed by atoms with van der Waals surface area (Å²) in [5.41, 5.74) is -3.57. The topological polar surface area (TPSA) is 130 Å². The number of piperidine rings is 1. The minimum Gasteiger partial charge on any atom is -0.394 e. The highest BCUT2D eigenvalue weighted by atomic mass is 32.2. The number of thioether (sulfide) groups is 1. The molecule has 0 spiro atoms. The van der Waals surface area contributed by atoms with Crippen molar-refractivity contribution in [3.8, 4) is 11.3 Å². The maximum Gasteiger partial charge on any atom is 0.251 e. The number of aliphatic hydroxyl groups is 3. The number of ether oxygens (including phenoxy) is 2. The van der Waals surface area contributed by atoms with Crippen molar-refractivity contribution in [1.29, 1.82) is 0 Å². The number of rotatable bonds is 9. The Kier molecular flexibility index (Phi) is 10.5. The van der Waals surface area contributed by atoms with Gasteiger partial charge < -0.3 is 29.7 Å². The van der Waals surface area contributed by atoms with Crippen molar-refractivity contribution in [2.24, 2.45) is 0 Å². The molecule has 262 valence electrons. The molecule has 0 radical (unpaired) electrons. The second kappa shape index (κ2) is 13.8. The number of aliphatic hydroxyl groups excluding tert-OH is 2. The van der Waals surface area contributed by atoms with Crippen LogP contribution in [0.3, 0.4) is 0 Å². The van der Waals surface area contributed by atoms with Gasteiger partial charge in [-0.2, -0.15) is 0 Å². The summed E-state index contributed by atoms with van der Waals surface area (Å²) in [6.45, 7) is 0.197. The maximum atomic E-state index is 14.2. The second-order valence-corrected chi connectivity index (χ2v) is 13.3. The first-order valence-corrected chi connectivity index (χ1v) is 16.1. The summed E-state index contributed by atoms with van der Waals surface area (Å²) >= 11 is 0.704. The van der Waals surface area contributed by atoms with E-state index in [1.165, 1.54) is 6.20 Å². The average Bonchev–Trinajstić information content (AvgIpc) is 3.50. The molecule has 3 fully saturated rings. The van der Waals surface area contributed by atoms with Crippen LogP contribution in [0, 0.1) is 17.5 Å². The Labute approximate surface area is 269 Å². The fourth-order valence-electron chi connectivity index (χ4n) is 6.18. The molecule has 1 aromatic heterocycles. The van der Waals surface area contributed by atoms with Crippen molar-refractivity contribution < 1.29 is 60.3 Å². The Balaban J connectivity index is 1.49. The Morgan fingerprint density at radius 2 is 1.66 bits per heavy atom. The summed E-state index contributed by atoms with van der Waals surface area (Å²) < 4.78 is 111. The number of carbonyl (C=O) groups excluding carboxylic acids is 1. The number of alkyl halides is 4. The fourth-order valence-corrected chi connectivity index (χ4v) is 7.80. The number of benzene rings is 1. The third-order valence-corrected chi connectivity index (χ3v) is 10.5. The quantitative estimate of drug-likeness (QED) is 0.265. The normalized spacial score (nSPS) is 29.4. The van der Waals surface area contributed by atoms with Gasteiger partial charge in [0.15, 0.2) is 17.5 Å². The predicted molar refractivity (Wildman–Crippen MR) is 152 cm³/mol. The molecule has 1 aromatic carbocycles. The Bertz CT molecular complexity index is 1390. The van der Waals surface area contributed by atoms with E-state index in [1.807, 2.05) is 0 Å². The van der Waals surface area contributed by atoms with Crippen LogP contribution in [0.4, 0.5) is 30.7 Å². The maximum absolute atomic E-state index is 14.2. The number of aromatic nitrogens is 3. The van der Waals surface area contributed by atoms with Gasteiger partial charge in [-0.15, -0.1) is 16.9 Å². The summed E-state index contributed by atoms with van der Waals surface area (Å²) in [7, 11) is 0. The number of likely N-dealkylation sites (tertiary alicyclic amines) is 1. The van der Waals surface area contributed by atoms with Gasteiger partial charge in [0, 0.05) is 50.9 Å². The van der Waals surface area contributed by atoms with Crippen LogP contribution in [0.25, 0.3) is 11.3 Å². The third-order valence-electron chi connectivity index (χ3n) is 8.92. The summed E-state index contributed by atoms with van der Waals surface area (Å²) in [5.74, 6) is -11.5. The summed E-state index contributed by atoms with van der Waals surface area (Å²) in [6.07, 6.45) is -6.54. The molecule has 6 atom stereocenters. The van der Waals surface area contributed by atoms with Crippen LogP contribution in [0.1, 0.15) is 51.5 Å². The van der Waals surface area contributed by atoms with Crippen molar-refractivity contribution in [2.45, 2.75) is 97.9 Å². The van der Waals surface area contributed by atoms with Gasteiger partial charge in [-0.1, -0.05) is 5.21 Å². The van der Waals surface area contributed by atoms with E-state index in [4.69, 9.17) is 9.47 Å². The van der Waals surface area contributed by atoms with Crippen LogP contribution in [-0.4, -0.2) is 114 Å². The molecule has 5 rings (SSSR count). The summed E-state index contributed by atoms with van der Waals surface area (Å²) in [6, 6.07) is 0.164. The molecule has 1 saturated carbocycles. The van der Waals surface area contributed by atoms with Gasteiger partial charge in [-0.3, -0.25) is 4.79 Å². The van der Waals surface area contributed by atoms with Gasteiger partial charge in [0.25, 0.3) is 5.92 Å². The van der Waals surface area contributed by atoms with Crippen LogP contribution >= 0.6 is 11.8 Å². The molecular formula is C29H35F7N4O6S. The Morgan fingerprint density at radius 1 is 1.06 bits per heavy atom. The molecule has 3 N–H and O–H groups in total. The van der Waals surface area contributed by atoms with Gasteiger partial charge in [0.1, 0.15) is 40.7 Å². The van der Waals surface area contributed by atoms with E-state index in [2.05, 4.69) is 10.3 Å². The van der Waals surface area contributed by atoms with Gasteiger partial charge in [0.2, 0.25) is 11.8 Å². The summed E-state index contributed by atoms with van der Waals surface area (Å²) in [5, 5.41) is 39.4.